The van der Waals surface area contributed by atoms with Gasteiger partial charge in [0.15, 0.2) is 0 Å². The molecule has 0 spiro atoms. The smallest absolute Gasteiger partial charge is 0.335 e. The van der Waals surface area contributed by atoms with Crippen LogP contribution in [0, 0.1) is 5.41 Å². The number of fused-ring (bicyclic) bond motifs is 1. The van der Waals surface area contributed by atoms with Crippen LogP contribution in [0.1, 0.15) is 62.6 Å². The van der Waals surface area contributed by atoms with Gasteiger partial charge in [-0.3, -0.25) is 0 Å². The number of carbonyl (C=O) groups excluding carboxylic acids is 1. The number of oxime groups is 1. The van der Waals surface area contributed by atoms with Crippen LogP contribution >= 0.6 is 0 Å². The summed E-state index contributed by atoms with van der Waals surface area (Å²) in [5, 5.41) is 8.46. The van der Waals surface area contributed by atoms with Gasteiger partial charge in [-0.1, -0.05) is 61.4 Å². The summed E-state index contributed by atoms with van der Waals surface area (Å²) in [4.78, 5) is 16.8. The minimum absolute atomic E-state index is 0.00739. The molecule has 0 radical (unpaired) electrons. The van der Waals surface area contributed by atoms with E-state index in [2.05, 4.69) is 36.3 Å². The molecule has 0 saturated heterocycles. The van der Waals surface area contributed by atoms with E-state index in [1.54, 1.807) is 0 Å². The van der Waals surface area contributed by atoms with Crippen LogP contribution in [0.4, 0.5) is 0 Å². The molecule has 0 N–H and O–H groups in total. The minimum Gasteiger partial charge on any atom is -0.360 e. The summed E-state index contributed by atoms with van der Waals surface area (Å²) in [5.74, 6) is 0.522. The van der Waals surface area contributed by atoms with Gasteiger partial charge in [0.1, 0.15) is 5.76 Å². The lowest BCUT2D eigenvalue weighted by Crippen LogP contribution is -2.27. The van der Waals surface area contributed by atoms with E-state index in [9.17, 15) is 4.79 Å². The number of hydrogen-bond acceptors (Lipinski definition) is 5. The van der Waals surface area contributed by atoms with Crippen molar-refractivity contribution in [3.8, 4) is 0 Å². The SMILES string of the molecule is CCCC(=O)ON=C1CC(C)(C)Cc2onc(Cc3ccccc3)c21. The molecule has 0 bridgehead atoms. The highest BCUT2D eigenvalue weighted by atomic mass is 16.7. The van der Waals surface area contributed by atoms with Crippen molar-refractivity contribution in [3.05, 3.63) is 52.9 Å². The van der Waals surface area contributed by atoms with Crippen LogP contribution in [-0.4, -0.2) is 16.8 Å². The topological polar surface area (TPSA) is 64.7 Å². The van der Waals surface area contributed by atoms with E-state index >= 15 is 0 Å². The fourth-order valence-corrected chi connectivity index (χ4v) is 3.19. The zero-order valence-corrected chi connectivity index (χ0v) is 15.0. The lowest BCUT2D eigenvalue weighted by Gasteiger charge is -2.28. The third-order valence-corrected chi connectivity index (χ3v) is 4.33. The molecule has 0 unspecified atom stereocenters. The molecule has 25 heavy (non-hydrogen) atoms. The maximum Gasteiger partial charge on any atom is 0.335 e. The van der Waals surface area contributed by atoms with Crippen LogP contribution < -0.4 is 0 Å². The van der Waals surface area contributed by atoms with Gasteiger partial charge in [0.05, 0.1) is 17.0 Å². The minimum atomic E-state index is -0.305. The van der Waals surface area contributed by atoms with E-state index in [0.29, 0.717) is 12.8 Å². The van der Waals surface area contributed by atoms with Crippen molar-refractivity contribution in [1.82, 2.24) is 5.16 Å². The van der Waals surface area contributed by atoms with Crippen LogP contribution in [0.25, 0.3) is 0 Å². The van der Waals surface area contributed by atoms with Crippen molar-refractivity contribution in [2.45, 2.75) is 52.9 Å². The van der Waals surface area contributed by atoms with Gasteiger partial charge >= 0.3 is 5.97 Å². The molecule has 1 heterocycles. The maximum atomic E-state index is 11.7. The Morgan fingerprint density at radius 2 is 2.04 bits per heavy atom. The molecule has 1 aromatic carbocycles. The second kappa shape index (κ2) is 7.21. The Bertz CT molecular complexity index is 775. The van der Waals surface area contributed by atoms with E-state index in [0.717, 1.165) is 47.6 Å². The van der Waals surface area contributed by atoms with E-state index in [-0.39, 0.29) is 11.4 Å². The molecular weight excluding hydrogens is 316 g/mol. The second-order valence-corrected chi connectivity index (χ2v) is 7.36. The third kappa shape index (κ3) is 4.16. The van der Waals surface area contributed by atoms with Crippen LogP contribution in [0.2, 0.25) is 0 Å². The van der Waals surface area contributed by atoms with Gasteiger partial charge < -0.3 is 9.36 Å². The summed E-state index contributed by atoms with van der Waals surface area (Å²) >= 11 is 0. The van der Waals surface area contributed by atoms with Crippen molar-refractivity contribution in [3.63, 3.8) is 0 Å². The van der Waals surface area contributed by atoms with Crippen LogP contribution in [0.15, 0.2) is 40.0 Å². The molecular formula is C20H24N2O3. The molecule has 5 nitrogen and oxygen atoms in total. The van der Waals surface area contributed by atoms with Crippen molar-refractivity contribution in [2.24, 2.45) is 10.6 Å². The highest BCUT2D eigenvalue weighted by Gasteiger charge is 2.35. The Hall–Kier alpha value is -2.43. The van der Waals surface area contributed by atoms with E-state index in [4.69, 9.17) is 9.36 Å². The Morgan fingerprint density at radius 3 is 2.76 bits per heavy atom. The highest BCUT2D eigenvalue weighted by Crippen LogP contribution is 2.37. The zero-order chi connectivity index (χ0) is 17.9. The fraction of sp³-hybridized carbons (Fsp3) is 0.450. The molecule has 0 saturated carbocycles. The van der Waals surface area contributed by atoms with E-state index in [1.807, 2.05) is 25.1 Å². The molecule has 1 aliphatic carbocycles. The maximum absolute atomic E-state index is 11.7. The molecule has 0 atom stereocenters. The molecule has 0 fully saturated rings. The number of nitrogens with zero attached hydrogens (tertiary/aromatic N) is 2. The molecule has 5 heteroatoms. The first kappa shape index (κ1) is 17.4. The standard InChI is InChI=1S/C20H24N2O3/c1-4-8-18(23)25-22-16-12-20(2,3)13-17-19(16)15(21-24-17)11-14-9-6-5-7-10-14/h5-7,9-10H,4,8,11-13H2,1-3H3. The van der Waals surface area contributed by atoms with Gasteiger partial charge in [-0.15, -0.1) is 0 Å². The molecule has 1 aliphatic rings. The molecule has 2 aromatic rings. The quantitative estimate of drug-likeness (QED) is 0.602. The van der Waals surface area contributed by atoms with Crippen LogP contribution in [-0.2, 0) is 22.5 Å². The number of hydrogen-bond donors (Lipinski definition) is 0. The van der Waals surface area contributed by atoms with Gasteiger partial charge in [0.25, 0.3) is 0 Å². The molecule has 0 amide bonds. The predicted molar refractivity (Wildman–Crippen MR) is 95.4 cm³/mol. The van der Waals surface area contributed by atoms with Crippen molar-refractivity contribution >= 4 is 11.7 Å². The molecule has 0 aliphatic heterocycles. The van der Waals surface area contributed by atoms with Crippen molar-refractivity contribution in [1.29, 1.82) is 0 Å². The lowest BCUT2D eigenvalue weighted by molar-refractivity contribution is -0.143. The van der Waals surface area contributed by atoms with Crippen LogP contribution in [0.5, 0.6) is 0 Å². The Labute approximate surface area is 148 Å². The summed E-state index contributed by atoms with van der Waals surface area (Å²) in [6.07, 6.45) is 3.30. The molecule has 132 valence electrons. The summed E-state index contributed by atoms with van der Waals surface area (Å²) < 4.78 is 5.61. The average molecular weight is 340 g/mol. The Morgan fingerprint density at radius 1 is 1.28 bits per heavy atom. The van der Waals surface area contributed by atoms with Gasteiger partial charge in [0.2, 0.25) is 0 Å². The predicted octanol–water partition coefficient (Wildman–Crippen LogP) is 4.29. The monoisotopic (exact) mass is 340 g/mol. The largest absolute Gasteiger partial charge is 0.360 e. The lowest BCUT2D eigenvalue weighted by atomic mass is 9.75. The van der Waals surface area contributed by atoms with Crippen molar-refractivity contribution < 1.29 is 14.2 Å². The second-order valence-electron chi connectivity index (χ2n) is 7.36. The summed E-state index contributed by atoms with van der Waals surface area (Å²) in [6, 6.07) is 10.1. The Kier molecular flexibility index (Phi) is 5.02. The first-order chi connectivity index (χ1) is 12.0. The normalized spacial score (nSPS) is 17.3. The first-order valence-electron chi connectivity index (χ1n) is 8.77. The summed E-state index contributed by atoms with van der Waals surface area (Å²) in [5.41, 5.74) is 3.66. The molecule has 1 aromatic heterocycles. The summed E-state index contributed by atoms with van der Waals surface area (Å²) in [7, 11) is 0. The number of aromatic nitrogens is 1. The first-order valence-corrected chi connectivity index (χ1v) is 8.77. The van der Waals surface area contributed by atoms with Gasteiger partial charge in [-0.25, -0.2) is 4.79 Å². The van der Waals surface area contributed by atoms with E-state index in [1.165, 1.54) is 0 Å². The zero-order valence-electron chi connectivity index (χ0n) is 15.0. The van der Waals surface area contributed by atoms with Crippen LogP contribution in [0.3, 0.4) is 0 Å². The fourth-order valence-electron chi connectivity index (χ4n) is 3.19. The highest BCUT2D eigenvalue weighted by molar-refractivity contribution is 6.03. The summed E-state index contributed by atoms with van der Waals surface area (Å²) in [6.45, 7) is 6.24. The number of carbonyl (C=O) groups is 1. The Balaban J connectivity index is 1.91. The van der Waals surface area contributed by atoms with Crippen molar-refractivity contribution in [2.75, 3.05) is 0 Å². The van der Waals surface area contributed by atoms with Gasteiger partial charge in [0, 0.05) is 19.3 Å². The average Bonchev–Trinajstić information content (AvgIpc) is 2.95. The van der Waals surface area contributed by atoms with Gasteiger partial charge in [-0.2, -0.15) is 0 Å². The number of rotatable bonds is 5. The van der Waals surface area contributed by atoms with Gasteiger partial charge in [-0.05, 0) is 23.8 Å². The third-order valence-electron chi connectivity index (χ3n) is 4.33. The number of benzene rings is 1. The van der Waals surface area contributed by atoms with E-state index < -0.39 is 0 Å². The molecule has 3 rings (SSSR count).